The molecule has 0 bridgehead atoms. The van der Waals surface area contributed by atoms with Crippen LogP contribution in [0.2, 0.25) is 0 Å². The van der Waals surface area contributed by atoms with E-state index in [-0.39, 0.29) is 18.1 Å². The normalized spacial score (nSPS) is 31.9. The monoisotopic (exact) mass is 475 g/mol. The second-order valence-electron chi connectivity index (χ2n) is 10.0. The van der Waals surface area contributed by atoms with E-state index in [1.54, 1.807) is 45.2 Å². The fourth-order valence-corrected chi connectivity index (χ4v) is 4.22. The molecule has 0 saturated heterocycles. The van der Waals surface area contributed by atoms with E-state index in [9.17, 15) is 19.8 Å². The molecule has 188 valence electrons. The van der Waals surface area contributed by atoms with Gasteiger partial charge in [0, 0.05) is 18.5 Å². The Morgan fingerprint density at radius 3 is 2.59 bits per heavy atom. The van der Waals surface area contributed by atoms with Crippen molar-refractivity contribution in [2.24, 2.45) is 17.3 Å². The molecule has 5 atom stereocenters. The third kappa shape index (κ3) is 7.57. The number of carbonyl (C=O) groups excluding carboxylic acids is 2. The van der Waals surface area contributed by atoms with Crippen molar-refractivity contribution in [3.63, 3.8) is 0 Å². The van der Waals surface area contributed by atoms with E-state index in [1.807, 2.05) is 19.9 Å². The van der Waals surface area contributed by atoms with Gasteiger partial charge >= 0.3 is 5.97 Å². The van der Waals surface area contributed by atoms with Gasteiger partial charge in [-0.1, -0.05) is 45.4 Å². The number of pyridine rings is 1. The van der Waals surface area contributed by atoms with Crippen LogP contribution < -0.4 is 0 Å². The first-order valence-electron chi connectivity index (χ1n) is 12.0. The number of aromatic nitrogens is 1. The lowest BCUT2D eigenvalue weighted by molar-refractivity contribution is -0.154. The quantitative estimate of drug-likeness (QED) is 0.471. The summed E-state index contributed by atoms with van der Waals surface area (Å²) in [6.45, 7) is 8.59. The molecule has 0 radical (unpaired) electrons. The highest BCUT2D eigenvalue weighted by atomic mass is 19.1. The van der Waals surface area contributed by atoms with Crippen LogP contribution in [0.5, 0.6) is 0 Å². The van der Waals surface area contributed by atoms with E-state index in [4.69, 9.17) is 4.74 Å². The maximum absolute atomic E-state index is 15.1. The number of Topliss-reactive ketones (excluding diaryl/α,β-unsaturated/α-hetero) is 1. The van der Waals surface area contributed by atoms with Crippen molar-refractivity contribution >= 4 is 17.8 Å². The first-order valence-corrected chi connectivity index (χ1v) is 12.0. The van der Waals surface area contributed by atoms with Gasteiger partial charge in [0.25, 0.3) is 0 Å². The summed E-state index contributed by atoms with van der Waals surface area (Å²) in [6.07, 6.45) is 3.21. The summed E-state index contributed by atoms with van der Waals surface area (Å²) in [5.74, 6) is -2.58. The van der Waals surface area contributed by atoms with E-state index in [2.05, 4.69) is 4.98 Å². The van der Waals surface area contributed by atoms with E-state index < -0.39 is 47.9 Å². The molecule has 34 heavy (non-hydrogen) atoms. The average Bonchev–Trinajstić information content (AvgIpc) is 2.79. The Bertz CT molecular complexity index is 896. The summed E-state index contributed by atoms with van der Waals surface area (Å²) in [7, 11) is 0. The summed E-state index contributed by atoms with van der Waals surface area (Å²) in [5.41, 5.74) is 0.132. The fourth-order valence-electron chi connectivity index (χ4n) is 4.22. The number of carbonyl (C=O) groups is 2. The number of aliphatic hydroxyl groups excluding tert-OH is 2. The lowest BCUT2D eigenvalue weighted by atomic mass is 9.73. The van der Waals surface area contributed by atoms with Gasteiger partial charge in [0.1, 0.15) is 11.6 Å². The Morgan fingerprint density at radius 2 is 1.94 bits per heavy atom. The minimum absolute atomic E-state index is 0.107. The highest BCUT2D eigenvalue weighted by Crippen LogP contribution is 2.32. The number of aliphatic hydroxyl groups is 2. The predicted molar refractivity (Wildman–Crippen MR) is 129 cm³/mol. The number of ketones is 1. The first-order chi connectivity index (χ1) is 15.9. The van der Waals surface area contributed by atoms with Crippen molar-refractivity contribution in [2.45, 2.75) is 85.0 Å². The Balaban J connectivity index is 2.33. The minimum Gasteiger partial charge on any atom is -0.455 e. The minimum atomic E-state index is -1.34. The summed E-state index contributed by atoms with van der Waals surface area (Å²) in [4.78, 5) is 29.8. The molecule has 0 aromatic carbocycles. The zero-order valence-corrected chi connectivity index (χ0v) is 20.8. The van der Waals surface area contributed by atoms with Crippen molar-refractivity contribution in [1.82, 2.24) is 4.98 Å². The van der Waals surface area contributed by atoms with Crippen LogP contribution in [0.1, 0.15) is 72.4 Å². The lowest BCUT2D eigenvalue weighted by Gasteiger charge is -2.34. The van der Waals surface area contributed by atoms with Crippen LogP contribution in [0.25, 0.3) is 6.08 Å². The zero-order valence-electron chi connectivity index (χ0n) is 20.8. The fraction of sp³-hybridized carbons (Fsp3) is 0.593. The third-order valence-electron chi connectivity index (χ3n) is 6.80. The van der Waals surface area contributed by atoms with Crippen molar-refractivity contribution in [3.8, 4) is 0 Å². The molecule has 2 rings (SSSR count). The van der Waals surface area contributed by atoms with Crippen LogP contribution in [0.3, 0.4) is 0 Å². The van der Waals surface area contributed by atoms with Crippen molar-refractivity contribution in [1.29, 1.82) is 0 Å². The number of allylic oxidation sites excluding steroid dienone is 1. The smallest absolute Gasteiger partial charge is 0.309 e. The molecule has 0 unspecified atom stereocenters. The number of rotatable bonds is 2. The third-order valence-corrected chi connectivity index (χ3v) is 6.80. The molecule has 0 fully saturated rings. The SMILES string of the molecule is C/C1=C/C[C@@H](C(F)=Cc2ccccn2)OC(=O)C[C@H](O)C(C)(C)C(=O)[C@H](C)[C@@H](O)[C@@H](C)CCC1. The molecule has 2 N–H and O–H groups in total. The van der Waals surface area contributed by atoms with E-state index in [0.717, 1.165) is 24.8 Å². The Hall–Kier alpha value is -2.38. The number of cyclic esters (lactones) is 1. The number of ether oxygens (including phenoxy) is 1. The summed E-state index contributed by atoms with van der Waals surface area (Å²) < 4.78 is 20.5. The van der Waals surface area contributed by atoms with Crippen molar-refractivity contribution in [2.75, 3.05) is 0 Å². The first kappa shape index (κ1) is 27.9. The number of hydrogen-bond acceptors (Lipinski definition) is 6. The maximum atomic E-state index is 15.1. The molecule has 1 aliphatic heterocycles. The number of nitrogens with zero attached hydrogens (tertiary/aromatic N) is 1. The van der Waals surface area contributed by atoms with Crippen molar-refractivity contribution < 1.29 is 28.9 Å². The highest BCUT2D eigenvalue weighted by molar-refractivity contribution is 5.88. The summed E-state index contributed by atoms with van der Waals surface area (Å²) in [5, 5.41) is 21.4. The molecule has 0 amide bonds. The van der Waals surface area contributed by atoms with Gasteiger partial charge in [-0.3, -0.25) is 14.6 Å². The van der Waals surface area contributed by atoms with E-state index >= 15 is 4.39 Å². The van der Waals surface area contributed by atoms with Crippen LogP contribution in [0.4, 0.5) is 4.39 Å². The Labute approximate surface area is 201 Å². The molecular weight excluding hydrogens is 437 g/mol. The molecule has 1 aliphatic rings. The standard InChI is InChI=1S/C27H38FNO5/c1-17-9-8-10-18(2)25(32)19(3)26(33)27(4,5)23(30)16-24(31)34-22(13-12-17)21(28)15-20-11-6-7-14-29-20/h6-7,11-12,14-15,18-19,22-23,25,30,32H,8-10,13,16H2,1-5H3/b17-12-,21-15?/t18-,19+,22-,23-,25-/m0/s1. The predicted octanol–water partition coefficient (Wildman–Crippen LogP) is 4.80. The summed E-state index contributed by atoms with van der Waals surface area (Å²) >= 11 is 0. The molecular formula is C27H38FNO5. The zero-order chi connectivity index (χ0) is 25.5. The van der Waals surface area contributed by atoms with Gasteiger partial charge in [-0.2, -0.15) is 0 Å². The average molecular weight is 476 g/mol. The van der Waals surface area contributed by atoms with Gasteiger partial charge in [-0.15, -0.1) is 0 Å². The second kappa shape index (κ2) is 12.4. The molecule has 1 aromatic heterocycles. The number of halogens is 1. The van der Waals surface area contributed by atoms with Gasteiger partial charge in [0.15, 0.2) is 6.10 Å². The number of hydrogen-bond donors (Lipinski definition) is 2. The Kier molecular flexibility index (Phi) is 10.1. The van der Waals surface area contributed by atoms with Crippen LogP contribution in [0.15, 0.2) is 41.9 Å². The molecule has 6 nitrogen and oxygen atoms in total. The van der Waals surface area contributed by atoms with Gasteiger partial charge in [-0.25, -0.2) is 4.39 Å². The van der Waals surface area contributed by atoms with Gasteiger partial charge in [0.2, 0.25) is 0 Å². The van der Waals surface area contributed by atoms with E-state index in [1.165, 1.54) is 6.08 Å². The second-order valence-corrected chi connectivity index (χ2v) is 10.0. The van der Waals surface area contributed by atoms with Gasteiger partial charge in [-0.05, 0) is 50.3 Å². The summed E-state index contributed by atoms with van der Waals surface area (Å²) in [6, 6.07) is 5.10. The number of esters is 1. The maximum Gasteiger partial charge on any atom is 0.309 e. The highest BCUT2D eigenvalue weighted by Gasteiger charge is 2.42. The molecule has 7 heteroatoms. The topological polar surface area (TPSA) is 96.7 Å². The molecule has 0 saturated carbocycles. The molecule has 0 spiro atoms. The van der Waals surface area contributed by atoms with Gasteiger partial charge in [0.05, 0.1) is 29.7 Å². The van der Waals surface area contributed by atoms with Crippen LogP contribution in [0, 0.1) is 17.3 Å². The van der Waals surface area contributed by atoms with Crippen molar-refractivity contribution in [3.05, 3.63) is 47.6 Å². The largest absolute Gasteiger partial charge is 0.455 e. The molecule has 2 heterocycles. The Morgan fingerprint density at radius 1 is 1.24 bits per heavy atom. The molecule has 0 aliphatic carbocycles. The van der Waals surface area contributed by atoms with Crippen LogP contribution in [-0.2, 0) is 14.3 Å². The van der Waals surface area contributed by atoms with Crippen LogP contribution >= 0.6 is 0 Å². The van der Waals surface area contributed by atoms with Crippen LogP contribution in [-0.4, -0.2) is 45.3 Å². The lowest BCUT2D eigenvalue weighted by Crippen LogP contribution is -2.45. The van der Waals surface area contributed by atoms with Gasteiger partial charge < -0.3 is 14.9 Å². The molecule has 1 aromatic rings. The van der Waals surface area contributed by atoms with E-state index in [0.29, 0.717) is 5.69 Å².